The van der Waals surface area contributed by atoms with Gasteiger partial charge in [-0.2, -0.15) is 13.2 Å². The van der Waals surface area contributed by atoms with Gasteiger partial charge in [-0.15, -0.1) is 0 Å². The van der Waals surface area contributed by atoms with Crippen molar-refractivity contribution in [2.24, 2.45) is 0 Å². The summed E-state index contributed by atoms with van der Waals surface area (Å²) in [5, 5.41) is 9.51. The minimum absolute atomic E-state index is 0.00324. The van der Waals surface area contributed by atoms with Crippen LogP contribution in [0.25, 0.3) is 0 Å². The molecule has 0 bridgehead atoms. The monoisotopic (exact) mass is 537 g/mol. The van der Waals surface area contributed by atoms with E-state index < -0.39 is 23.8 Å². The van der Waals surface area contributed by atoms with Crippen LogP contribution in [0.1, 0.15) is 29.9 Å². The van der Waals surface area contributed by atoms with Crippen LogP contribution in [0.15, 0.2) is 52.2 Å². The third kappa shape index (κ3) is 7.15. The maximum absolute atomic E-state index is 12.6. The number of amides is 1. The van der Waals surface area contributed by atoms with E-state index in [4.69, 9.17) is 19.0 Å². The Balaban J connectivity index is 1.24. The molecule has 1 aliphatic heterocycles. The first-order valence-electron chi connectivity index (χ1n) is 11.2. The quantitative estimate of drug-likeness (QED) is 0.413. The number of aliphatic carboxylic acids is 1. The molecule has 9 nitrogen and oxygen atoms in total. The fourth-order valence-electron chi connectivity index (χ4n) is 3.52. The SMILES string of the molecule is Cc1nc(SC2CCN(C(=O)Oc3ccc(Oc4ccc(C(F)(F)F)cn4)cc3)CC2)oc1CC(=O)O. The van der Waals surface area contributed by atoms with E-state index in [0.717, 1.165) is 12.1 Å². The molecule has 0 aliphatic carbocycles. The molecule has 196 valence electrons. The first-order chi connectivity index (χ1) is 17.6. The summed E-state index contributed by atoms with van der Waals surface area (Å²) in [6, 6.07) is 8.06. The zero-order valence-electron chi connectivity index (χ0n) is 19.5. The zero-order valence-corrected chi connectivity index (χ0v) is 20.3. The van der Waals surface area contributed by atoms with Gasteiger partial charge in [0.2, 0.25) is 5.88 Å². The first-order valence-corrected chi connectivity index (χ1v) is 12.1. The number of ether oxygens (including phenoxy) is 2. The summed E-state index contributed by atoms with van der Waals surface area (Å²) < 4.78 is 54.3. The van der Waals surface area contributed by atoms with Gasteiger partial charge in [0.1, 0.15) is 23.7 Å². The number of carboxylic acids is 1. The van der Waals surface area contributed by atoms with Gasteiger partial charge in [0.25, 0.3) is 5.22 Å². The molecular weight excluding hydrogens is 515 g/mol. The third-order valence-electron chi connectivity index (χ3n) is 5.47. The van der Waals surface area contributed by atoms with Crippen molar-refractivity contribution in [3.63, 3.8) is 0 Å². The molecule has 13 heteroatoms. The highest BCUT2D eigenvalue weighted by Gasteiger charge is 2.31. The van der Waals surface area contributed by atoms with Gasteiger partial charge in [0.15, 0.2) is 0 Å². The number of alkyl halides is 3. The van der Waals surface area contributed by atoms with Gasteiger partial charge >= 0.3 is 18.2 Å². The first kappa shape index (κ1) is 26.3. The number of likely N-dealkylation sites (tertiary alicyclic amines) is 1. The van der Waals surface area contributed by atoms with E-state index in [9.17, 15) is 22.8 Å². The smallest absolute Gasteiger partial charge is 0.417 e. The van der Waals surface area contributed by atoms with Crippen molar-refractivity contribution in [2.45, 2.75) is 42.8 Å². The van der Waals surface area contributed by atoms with E-state index >= 15 is 0 Å². The molecule has 0 unspecified atom stereocenters. The maximum Gasteiger partial charge on any atom is 0.417 e. The van der Waals surface area contributed by atoms with Gasteiger partial charge < -0.3 is 23.9 Å². The Labute approximate surface area is 213 Å². The van der Waals surface area contributed by atoms with E-state index in [1.807, 2.05) is 0 Å². The summed E-state index contributed by atoms with van der Waals surface area (Å²) in [4.78, 5) is 33.0. The Morgan fingerprint density at radius 2 is 1.81 bits per heavy atom. The highest BCUT2D eigenvalue weighted by molar-refractivity contribution is 7.99. The number of aromatic nitrogens is 2. The number of oxazole rings is 1. The summed E-state index contributed by atoms with van der Waals surface area (Å²) in [7, 11) is 0. The standard InChI is InChI=1S/C24H22F3N3O6S/c1-14-19(12-21(31)32)36-22(29-14)37-18-8-10-30(11-9-18)23(33)35-17-5-3-16(4-6-17)34-20-7-2-15(13-28-20)24(25,26)27/h2-7,13,18H,8-12H2,1H3,(H,31,32). The number of halogens is 3. The van der Waals surface area contributed by atoms with Crippen LogP contribution in [0.4, 0.5) is 18.0 Å². The molecule has 3 heterocycles. The van der Waals surface area contributed by atoms with E-state index in [1.165, 1.54) is 36.0 Å². The fourth-order valence-corrected chi connectivity index (χ4v) is 4.59. The van der Waals surface area contributed by atoms with Gasteiger partial charge in [-0.25, -0.2) is 14.8 Å². The number of carbonyl (C=O) groups excluding carboxylic acids is 1. The zero-order chi connectivity index (χ0) is 26.6. The topological polar surface area (TPSA) is 115 Å². The van der Waals surface area contributed by atoms with Crippen molar-refractivity contribution in [2.75, 3.05) is 13.1 Å². The lowest BCUT2D eigenvalue weighted by Crippen LogP contribution is -2.40. The summed E-state index contributed by atoms with van der Waals surface area (Å²) in [5.41, 5.74) is -0.319. The molecule has 37 heavy (non-hydrogen) atoms. The third-order valence-corrected chi connectivity index (χ3v) is 6.65. The summed E-state index contributed by atoms with van der Waals surface area (Å²) in [6.45, 7) is 2.65. The predicted molar refractivity (Wildman–Crippen MR) is 125 cm³/mol. The number of benzene rings is 1. The lowest BCUT2D eigenvalue weighted by atomic mass is 10.1. The Bertz CT molecular complexity index is 1240. The molecule has 1 N–H and O–H groups in total. The Morgan fingerprint density at radius 3 is 2.41 bits per heavy atom. The second-order valence-corrected chi connectivity index (χ2v) is 9.44. The highest BCUT2D eigenvalue weighted by atomic mass is 32.2. The fraction of sp³-hybridized carbons (Fsp3) is 0.333. The summed E-state index contributed by atoms with van der Waals surface area (Å²) in [6.07, 6.45) is -3.14. The van der Waals surface area contributed by atoms with Crippen LogP contribution in [0.3, 0.4) is 0 Å². The second-order valence-electron chi connectivity index (χ2n) is 8.19. The van der Waals surface area contributed by atoms with Gasteiger partial charge in [-0.3, -0.25) is 4.79 Å². The second kappa shape index (κ2) is 11.1. The Hall–Kier alpha value is -3.74. The van der Waals surface area contributed by atoms with E-state index in [-0.39, 0.29) is 23.3 Å². The van der Waals surface area contributed by atoms with Crippen LogP contribution < -0.4 is 9.47 Å². The average molecular weight is 538 g/mol. The highest BCUT2D eigenvalue weighted by Crippen LogP contribution is 2.32. The number of piperidine rings is 1. The van der Waals surface area contributed by atoms with Crippen LogP contribution in [0.5, 0.6) is 17.4 Å². The van der Waals surface area contributed by atoms with Crippen LogP contribution in [-0.2, 0) is 17.4 Å². The molecule has 1 aromatic carbocycles. The molecule has 1 aliphatic rings. The number of carboxylic acid groups (broad SMARTS) is 1. The molecular formula is C24H22F3N3O6S. The minimum Gasteiger partial charge on any atom is -0.481 e. The molecule has 1 amide bonds. The molecule has 4 rings (SSSR count). The van der Waals surface area contributed by atoms with Crippen molar-refractivity contribution in [1.29, 1.82) is 0 Å². The Kier molecular flexibility index (Phi) is 7.91. The molecule has 1 saturated heterocycles. The number of hydrogen-bond donors (Lipinski definition) is 1. The largest absolute Gasteiger partial charge is 0.481 e. The van der Waals surface area contributed by atoms with Crippen molar-refractivity contribution >= 4 is 23.8 Å². The van der Waals surface area contributed by atoms with Crippen LogP contribution in [0.2, 0.25) is 0 Å². The minimum atomic E-state index is -4.48. The molecule has 2 aromatic heterocycles. The van der Waals surface area contributed by atoms with Crippen LogP contribution in [-0.4, -0.2) is 50.4 Å². The number of rotatable bonds is 7. The van der Waals surface area contributed by atoms with E-state index in [2.05, 4.69) is 9.97 Å². The van der Waals surface area contributed by atoms with E-state index in [0.29, 0.717) is 54.6 Å². The lowest BCUT2D eigenvalue weighted by Gasteiger charge is -2.30. The van der Waals surface area contributed by atoms with Crippen LogP contribution in [0, 0.1) is 6.92 Å². The van der Waals surface area contributed by atoms with E-state index in [1.54, 1.807) is 11.8 Å². The lowest BCUT2D eigenvalue weighted by molar-refractivity contribution is -0.138. The van der Waals surface area contributed by atoms with Crippen molar-refractivity contribution in [1.82, 2.24) is 14.9 Å². The van der Waals surface area contributed by atoms with Crippen molar-refractivity contribution in [3.05, 3.63) is 59.6 Å². The number of hydrogen-bond acceptors (Lipinski definition) is 8. The normalized spacial score (nSPS) is 14.4. The van der Waals surface area contributed by atoms with Gasteiger partial charge in [-0.1, -0.05) is 11.8 Å². The number of nitrogens with zero attached hydrogens (tertiary/aromatic N) is 3. The van der Waals surface area contributed by atoms with Gasteiger partial charge in [0, 0.05) is 30.6 Å². The molecule has 3 aromatic rings. The number of pyridine rings is 1. The van der Waals surface area contributed by atoms with Crippen LogP contribution >= 0.6 is 11.8 Å². The average Bonchev–Trinajstić information content (AvgIpc) is 3.18. The molecule has 0 saturated carbocycles. The maximum atomic E-state index is 12.6. The number of carbonyl (C=O) groups is 2. The molecule has 1 fully saturated rings. The molecule has 0 atom stereocenters. The molecule has 0 radical (unpaired) electrons. The summed E-state index contributed by atoms with van der Waals surface area (Å²) >= 11 is 1.42. The van der Waals surface area contributed by atoms with Crippen molar-refractivity contribution < 1.29 is 41.8 Å². The van der Waals surface area contributed by atoms with Gasteiger partial charge in [-0.05, 0) is 50.1 Å². The predicted octanol–water partition coefficient (Wildman–Crippen LogP) is 5.57. The Morgan fingerprint density at radius 1 is 1.14 bits per heavy atom. The number of aryl methyl sites for hydroxylation is 1. The molecule has 0 spiro atoms. The van der Waals surface area contributed by atoms with Gasteiger partial charge in [0.05, 0.1) is 11.3 Å². The van der Waals surface area contributed by atoms with Crippen molar-refractivity contribution in [3.8, 4) is 17.4 Å². The number of thioether (sulfide) groups is 1. The summed E-state index contributed by atoms with van der Waals surface area (Å²) in [5.74, 6) is -0.0471.